The molecule has 0 saturated carbocycles. The molecule has 1 N–H and O–H groups in total. The number of hydrogen-bond acceptors (Lipinski definition) is 4. The van der Waals surface area contributed by atoms with Gasteiger partial charge in [-0.15, -0.1) is 0 Å². The highest BCUT2D eigenvalue weighted by atomic mass is 35.5. The van der Waals surface area contributed by atoms with Gasteiger partial charge in [-0.25, -0.2) is 9.69 Å². The molecule has 0 atom stereocenters. The van der Waals surface area contributed by atoms with Crippen molar-refractivity contribution in [3.05, 3.63) is 21.6 Å². The van der Waals surface area contributed by atoms with Crippen molar-refractivity contribution in [3.8, 4) is 0 Å². The van der Waals surface area contributed by atoms with Gasteiger partial charge in [0.05, 0.1) is 11.9 Å². The fourth-order valence-corrected chi connectivity index (χ4v) is 2.37. The van der Waals surface area contributed by atoms with E-state index in [1.165, 1.54) is 23.9 Å². The molecule has 0 aromatic carbocycles. The van der Waals surface area contributed by atoms with Crippen molar-refractivity contribution in [2.24, 2.45) is 0 Å². The van der Waals surface area contributed by atoms with E-state index in [0.29, 0.717) is 12.2 Å². The van der Waals surface area contributed by atoms with Crippen LogP contribution in [0.15, 0.2) is 11.0 Å². The topological polar surface area (TPSA) is 50.2 Å². The number of unbranched alkanes of at least 4 members (excludes halogenated alkanes) is 1. The summed E-state index contributed by atoms with van der Waals surface area (Å²) in [5.74, 6) is 0. The Morgan fingerprint density at radius 1 is 1.37 bits per heavy atom. The second-order valence-electron chi connectivity index (χ2n) is 4.91. The van der Waals surface area contributed by atoms with Gasteiger partial charge >= 0.3 is 0 Å². The number of piperidine rings is 1. The summed E-state index contributed by atoms with van der Waals surface area (Å²) in [6.07, 6.45) is 7.22. The van der Waals surface area contributed by atoms with Crippen LogP contribution in [0.1, 0.15) is 39.0 Å². The first-order valence-corrected chi connectivity index (χ1v) is 7.37. The lowest BCUT2D eigenvalue weighted by atomic mass is 10.2. The Balaban J connectivity index is 2.09. The fraction of sp³-hybridized carbons (Fsp3) is 0.692. The van der Waals surface area contributed by atoms with Gasteiger partial charge in [0.1, 0.15) is 5.02 Å². The van der Waals surface area contributed by atoms with Crippen LogP contribution in [-0.4, -0.2) is 27.9 Å². The van der Waals surface area contributed by atoms with E-state index in [2.05, 4.69) is 22.5 Å². The van der Waals surface area contributed by atoms with Crippen molar-refractivity contribution in [2.75, 3.05) is 18.5 Å². The number of rotatable bonds is 5. The fourth-order valence-electron chi connectivity index (χ4n) is 2.19. The van der Waals surface area contributed by atoms with Crippen LogP contribution >= 0.6 is 11.6 Å². The predicted molar refractivity (Wildman–Crippen MR) is 77.5 cm³/mol. The number of hydrazine groups is 1. The maximum atomic E-state index is 12.0. The lowest BCUT2D eigenvalue weighted by Gasteiger charge is -2.28. The van der Waals surface area contributed by atoms with Crippen molar-refractivity contribution in [1.82, 2.24) is 14.8 Å². The van der Waals surface area contributed by atoms with Crippen LogP contribution in [0.25, 0.3) is 0 Å². The van der Waals surface area contributed by atoms with E-state index in [4.69, 9.17) is 11.6 Å². The van der Waals surface area contributed by atoms with Crippen LogP contribution in [0, 0.1) is 0 Å². The Hall–Kier alpha value is -1.07. The Labute approximate surface area is 118 Å². The van der Waals surface area contributed by atoms with Crippen LogP contribution in [-0.2, 0) is 6.54 Å². The van der Waals surface area contributed by atoms with Gasteiger partial charge in [-0.3, -0.25) is 4.79 Å². The van der Waals surface area contributed by atoms with Gasteiger partial charge < -0.3 is 5.43 Å². The third-order valence-corrected chi connectivity index (χ3v) is 3.71. The first kappa shape index (κ1) is 14.3. The molecule has 0 amide bonds. The van der Waals surface area contributed by atoms with Crippen molar-refractivity contribution in [3.63, 3.8) is 0 Å². The van der Waals surface area contributed by atoms with Crippen molar-refractivity contribution < 1.29 is 0 Å². The predicted octanol–water partition coefficient (Wildman–Crippen LogP) is 2.51. The summed E-state index contributed by atoms with van der Waals surface area (Å²) in [6, 6.07) is 0. The molecule has 1 aliphatic heterocycles. The van der Waals surface area contributed by atoms with E-state index in [1.807, 2.05) is 0 Å². The molecule has 5 nitrogen and oxygen atoms in total. The van der Waals surface area contributed by atoms with Crippen LogP contribution in [0.4, 0.5) is 5.69 Å². The highest BCUT2D eigenvalue weighted by molar-refractivity contribution is 6.32. The minimum atomic E-state index is -0.211. The van der Waals surface area contributed by atoms with Gasteiger partial charge in [-0.05, 0) is 19.3 Å². The first-order valence-electron chi connectivity index (χ1n) is 6.99. The van der Waals surface area contributed by atoms with Crippen LogP contribution in [0.2, 0.25) is 5.02 Å². The summed E-state index contributed by atoms with van der Waals surface area (Å²) >= 11 is 6.13. The molecule has 2 heterocycles. The molecule has 1 fully saturated rings. The molecule has 0 radical (unpaired) electrons. The van der Waals surface area contributed by atoms with Gasteiger partial charge in [0.25, 0.3) is 5.56 Å². The summed E-state index contributed by atoms with van der Waals surface area (Å²) in [7, 11) is 0. The highest BCUT2D eigenvalue weighted by Crippen LogP contribution is 2.18. The standard InChI is InChI=1S/C13H21ClN4O/c1-2-3-9-18-13(19)12(14)11(10-15-18)16-17-7-5-4-6-8-17/h10,16H,2-9H2,1H3. The molecular weight excluding hydrogens is 264 g/mol. The van der Waals surface area contributed by atoms with Gasteiger partial charge in [0, 0.05) is 19.6 Å². The van der Waals surface area contributed by atoms with E-state index in [-0.39, 0.29) is 10.6 Å². The monoisotopic (exact) mass is 284 g/mol. The van der Waals surface area contributed by atoms with Gasteiger partial charge in [0.15, 0.2) is 0 Å². The van der Waals surface area contributed by atoms with Crippen LogP contribution < -0.4 is 11.0 Å². The number of anilines is 1. The maximum Gasteiger partial charge on any atom is 0.287 e. The summed E-state index contributed by atoms with van der Waals surface area (Å²) in [4.78, 5) is 12.0. The first-order chi connectivity index (χ1) is 9.22. The smallest absolute Gasteiger partial charge is 0.287 e. The molecule has 0 unspecified atom stereocenters. The maximum absolute atomic E-state index is 12.0. The zero-order chi connectivity index (χ0) is 13.7. The van der Waals surface area contributed by atoms with E-state index in [0.717, 1.165) is 25.9 Å². The number of nitrogens with one attached hydrogen (secondary N) is 1. The van der Waals surface area contributed by atoms with Crippen molar-refractivity contribution >= 4 is 17.3 Å². The average Bonchev–Trinajstić information content (AvgIpc) is 2.44. The molecule has 6 heteroatoms. The van der Waals surface area contributed by atoms with Gasteiger partial charge in [-0.2, -0.15) is 5.10 Å². The molecular formula is C13H21ClN4O. The Morgan fingerprint density at radius 3 is 2.79 bits per heavy atom. The molecule has 0 spiro atoms. The molecule has 0 bridgehead atoms. The normalized spacial score (nSPS) is 16.5. The molecule has 2 rings (SSSR count). The third kappa shape index (κ3) is 3.70. The number of nitrogens with zero attached hydrogens (tertiary/aromatic N) is 3. The number of aryl methyl sites for hydroxylation is 1. The van der Waals surface area contributed by atoms with Crippen molar-refractivity contribution in [1.29, 1.82) is 0 Å². The Bertz CT molecular complexity index is 468. The SMILES string of the molecule is CCCCn1ncc(NN2CCCCC2)c(Cl)c1=O. The molecule has 1 aromatic heterocycles. The summed E-state index contributed by atoms with van der Waals surface area (Å²) in [5, 5.41) is 6.51. The Morgan fingerprint density at radius 2 is 2.11 bits per heavy atom. The molecule has 19 heavy (non-hydrogen) atoms. The lowest BCUT2D eigenvalue weighted by Crippen LogP contribution is -2.36. The summed E-state index contributed by atoms with van der Waals surface area (Å²) < 4.78 is 1.44. The summed E-state index contributed by atoms with van der Waals surface area (Å²) in [5.41, 5.74) is 3.60. The lowest BCUT2D eigenvalue weighted by molar-refractivity contribution is 0.273. The molecule has 106 valence electrons. The molecule has 1 aliphatic rings. The zero-order valence-electron chi connectivity index (χ0n) is 11.4. The van der Waals surface area contributed by atoms with Crippen LogP contribution in [0.5, 0.6) is 0 Å². The molecule has 0 aliphatic carbocycles. The summed E-state index contributed by atoms with van der Waals surface area (Å²) in [6.45, 7) is 4.67. The number of hydrogen-bond donors (Lipinski definition) is 1. The quantitative estimate of drug-likeness (QED) is 0.903. The van der Waals surface area contributed by atoms with Gasteiger partial charge in [0.2, 0.25) is 0 Å². The molecule has 1 saturated heterocycles. The second kappa shape index (κ2) is 6.91. The van der Waals surface area contributed by atoms with E-state index in [9.17, 15) is 4.79 Å². The molecule has 1 aromatic rings. The van der Waals surface area contributed by atoms with Crippen molar-refractivity contribution in [2.45, 2.75) is 45.6 Å². The van der Waals surface area contributed by atoms with E-state index < -0.39 is 0 Å². The second-order valence-corrected chi connectivity index (χ2v) is 5.29. The average molecular weight is 285 g/mol. The minimum absolute atomic E-state index is 0.211. The van der Waals surface area contributed by atoms with Gasteiger partial charge in [-0.1, -0.05) is 31.4 Å². The Kier molecular flexibility index (Phi) is 5.22. The van der Waals surface area contributed by atoms with Crippen LogP contribution in [0.3, 0.4) is 0 Å². The third-order valence-electron chi connectivity index (χ3n) is 3.34. The minimum Gasteiger partial charge on any atom is -0.316 e. The van der Waals surface area contributed by atoms with E-state index >= 15 is 0 Å². The number of aromatic nitrogens is 2. The highest BCUT2D eigenvalue weighted by Gasteiger charge is 2.14. The number of halogens is 1. The van der Waals surface area contributed by atoms with E-state index in [1.54, 1.807) is 6.20 Å². The largest absolute Gasteiger partial charge is 0.316 e. The zero-order valence-corrected chi connectivity index (χ0v) is 12.1.